The van der Waals surface area contributed by atoms with Crippen LogP contribution < -0.4 is 10.0 Å². The molecule has 0 saturated heterocycles. The maximum Gasteiger partial charge on any atom is 0.321 e. The number of carbonyl (C=O) groups is 1. The van der Waals surface area contributed by atoms with Gasteiger partial charge in [-0.15, -0.1) is 0 Å². The molecule has 3 rings (SSSR count). The summed E-state index contributed by atoms with van der Waals surface area (Å²) in [5.74, 6) is 0.574. The number of carbonyl (C=O) groups excluding carboxylic acids is 1. The Hall–Kier alpha value is -3.22. The largest absolute Gasteiger partial charge is 0.618 e. The first-order chi connectivity index (χ1) is 11.8. The zero-order chi connectivity index (χ0) is 18.0. The molecule has 1 amide bonds. The highest BCUT2D eigenvalue weighted by Crippen LogP contribution is 2.24. The van der Waals surface area contributed by atoms with Crippen LogP contribution in [0.25, 0.3) is 11.4 Å². The molecule has 0 aliphatic rings. The zero-order valence-electron chi connectivity index (χ0n) is 14.2. The lowest BCUT2D eigenvalue weighted by Crippen LogP contribution is -2.36. The first-order valence-corrected chi connectivity index (χ1v) is 7.79. The summed E-state index contributed by atoms with van der Waals surface area (Å²) in [6.45, 7) is 5.98. The topological polar surface area (TPSA) is 95.0 Å². The molecule has 0 fully saturated rings. The van der Waals surface area contributed by atoms with Crippen molar-refractivity contribution in [3.8, 4) is 11.4 Å². The molecule has 25 heavy (non-hydrogen) atoms. The van der Waals surface area contributed by atoms with E-state index < -0.39 is 5.91 Å². The van der Waals surface area contributed by atoms with Crippen molar-refractivity contribution in [1.82, 2.24) is 10.1 Å². The van der Waals surface area contributed by atoms with Crippen molar-refractivity contribution in [3.63, 3.8) is 0 Å². The van der Waals surface area contributed by atoms with E-state index in [2.05, 4.69) is 15.5 Å². The molecule has 0 spiro atoms. The zero-order valence-corrected chi connectivity index (χ0v) is 14.2. The maximum atomic E-state index is 12.1. The van der Waals surface area contributed by atoms with Crippen LogP contribution >= 0.6 is 0 Å². The van der Waals surface area contributed by atoms with Crippen LogP contribution in [0.3, 0.4) is 0 Å². The molecule has 1 aromatic carbocycles. The van der Waals surface area contributed by atoms with Gasteiger partial charge in [0.2, 0.25) is 11.7 Å². The molecular formula is C18H18N4O3. The molecule has 7 heteroatoms. The normalized spacial score (nSPS) is 11.3. The average molecular weight is 338 g/mol. The molecule has 0 bridgehead atoms. The molecule has 0 saturated carbocycles. The van der Waals surface area contributed by atoms with E-state index >= 15 is 0 Å². The first-order valence-electron chi connectivity index (χ1n) is 7.79. The van der Waals surface area contributed by atoms with Crippen LogP contribution in [0.5, 0.6) is 0 Å². The van der Waals surface area contributed by atoms with Crippen molar-refractivity contribution in [1.29, 1.82) is 0 Å². The second kappa shape index (κ2) is 6.35. The van der Waals surface area contributed by atoms with Crippen molar-refractivity contribution in [3.05, 3.63) is 65.5 Å². The summed E-state index contributed by atoms with van der Waals surface area (Å²) in [6.07, 6.45) is 1.28. The minimum Gasteiger partial charge on any atom is -0.618 e. The summed E-state index contributed by atoms with van der Waals surface area (Å²) in [6, 6.07) is 11.7. The van der Waals surface area contributed by atoms with E-state index in [1.165, 1.54) is 12.3 Å². The van der Waals surface area contributed by atoms with Crippen molar-refractivity contribution in [2.45, 2.75) is 26.2 Å². The molecule has 0 aliphatic carbocycles. The number of anilines is 1. The highest BCUT2D eigenvalue weighted by molar-refractivity contribution is 6.01. The molecule has 0 unspecified atom stereocenters. The summed E-state index contributed by atoms with van der Waals surface area (Å²) in [5, 5.41) is 18.3. The van der Waals surface area contributed by atoms with E-state index in [1.54, 1.807) is 36.4 Å². The molecule has 128 valence electrons. The van der Waals surface area contributed by atoms with Crippen molar-refractivity contribution in [2.24, 2.45) is 0 Å². The fourth-order valence-corrected chi connectivity index (χ4v) is 2.15. The number of aromatic nitrogens is 3. The Balaban J connectivity index is 1.75. The first kappa shape index (κ1) is 16.6. The van der Waals surface area contributed by atoms with Crippen LogP contribution in [0.15, 0.2) is 53.2 Å². The summed E-state index contributed by atoms with van der Waals surface area (Å²) in [7, 11) is 0. The second-order valence-corrected chi connectivity index (χ2v) is 6.62. The summed E-state index contributed by atoms with van der Waals surface area (Å²) in [5.41, 5.74) is 1.15. The van der Waals surface area contributed by atoms with Gasteiger partial charge < -0.3 is 15.0 Å². The van der Waals surface area contributed by atoms with Crippen LogP contribution in [0, 0.1) is 5.21 Å². The summed E-state index contributed by atoms with van der Waals surface area (Å²) < 4.78 is 5.81. The minimum atomic E-state index is -0.474. The number of hydrogen-bond donors (Lipinski definition) is 1. The molecule has 0 atom stereocenters. The second-order valence-electron chi connectivity index (χ2n) is 6.62. The van der Waals surface area contributed by atoms with Crippen LogP contribution in [0.1, 0.15) is 37.2 Å². The van der Waals surface area contributed by atoms with Crippen molar-refractivity contribution >= 4 is 11.6 Å². The third-order valence-electron chi connectivity index (χ3n) is 3.53. The number of nitrogens with zero attached hydrogens (tertiary/aromatic N) is 3. The fraction of sp³-hybridized carbons (Fsp3) is 0.222. The minimum absolute atomic E-state index is 0.0274. The van der Waals surface area contributed by atoms with Gasteiger partial charge in [0.1, 0.15) is 0 Å². The van der Waals surface area contributed by atoms with Gasteiger partial charge in [0, 0.05) is 28.8 Å². The lowest BCUT2D eigenvalue weighted by molar-refractivity contribution is -0.607. The Morgan fingerprint density at radius 3 is 2.48 bits per heavy atom. The lowest BCUT2D eigenvalue weighted by Gasteiger charge is -2.10. The smallest absolute Gasteiger partial charge is 0.321 e. The number of benzene rings is 1. The summed E-state index contributed by atoms with van der Waals surface area (Å²) in [4.78, 5) is 16.5. The standard InChI is InChI=1S/C18H18N4O3/c1-18(2,3)17-20-15(21-25-17)12-7-9-13(10-8-12)19-16(23)14-6-4-5-11-22(14)24/h4-11H,1-3H3,(H,19,23). The van der Waals surface area contributed by atoms with E-state index in [9.17, 15) is 10.0 Å². The van der Waals surface area contributed by atoms with E-state index in [0.29, 0.717) is 22.1 Å². The van der Waals surface area contributed by atoms with Crippen LogP contribution in [0.2, 0.25) is 0 Å². The molecule has 1 N–H and O–H groups in total. The van der Waals surface area contributed by atoms with Gasteiger partial charge in [0.15, 0.2) is 6.20 Å². The van der Waals surface area contributed by atoms with Gasteiger partial charge >= 0.3 is 5.91 Å². The molecule has 0 aliphatic heterocycles. The van der Waals surface area contributed by atoms with Crippen molar-refractivity contribution in [2.75, 3.05) is 5.32 Å². The van der Waals surface area contributed by atoms with Gasteiger partial charge in [-0.05, 0) is 30.3 Å². The van der Waals surface area contributed by atoms with Gasteiger partial charge in [-0.2, -0.15) is 9.71 Å². The Bertz CT molecular complexity index is 895. The Morgan fingerprint density at radius 1 is 1.16 bits per heavy atom. The van der Waals surface area contributed by atoms with Crippen molar-refractivity contribution < 1.29 is 14.0 Å². The highest BCUT2D eigenvalue weighted by atomic mass is 16.5. The Kier molecular flexibility index (Phi) is 4.22. The monoisotopic (exact) mass is 338 g/mol. The average Bonchev–Trinajstić information content (AvgIpc) is 3.06. The van der Waals surface area contributed by atoms with Gasteiger partial charge in [-0.1, -0.05) is 25.9 Å². The number of amides is 1. The van der Waals surface area contributed by atoms with E-state index in [1.807, 2.05) is 20.8 Å². The van der Waals surface area contributed by atoms with E-state index in [-0.39, 0.29) is 11.1 Å². The number of pyridine rings is 1. The number of nitrogens with one attached hydrogen (secondary N) is 1. The third kappa shape index (κ3) is 3.65. The predicted octanol–water partition coefficient (Wildman–Crippen LogP) is 2.92. The third-order valence-corrected chi connectivity index (χ3v) is 3.53. The Labute approximate surface area is 144 Å². The van der Waals surface area contributed by atoms with Crippen LogP contribution in [-0.4, -0.2) is 16.0 Å². The molecule has 3 aromatic rings. The van der Waals surface area contributed by atoms with Gasteiger partial charge in [-0.25, -0.2) is 0 Å². The van der Waals surface area contributed by atoms with E-state index in [0.717, 1.165) is 5.56 Å². The molecule has 2 heterocycles. The lowest BCUT2D eigenvalue weighted by atomic mass is 9.97. The molecule has 7 nitrogen and oxygen atoms in total. The van der Waals surface area contributed by atoms with Gasteiger partial charge in [0.05, 0.1) is 0 Å². The quantitative estimate of drug-likeness (QED) is 0.585. The number of rotatable bonds is 3. The summed E-state index contributed by atoms with van der Waals surface area (Å²) >= 11 is 0. The SMILES string of the molecule is CC(C)(C)c1nc(-c2ccc(NC(=O)c3cccc[n+]3[O-])cc2)no1. The predicted molar refractivity (Wildman–Crippen MR) is 91.8 cm³/mol. The number of hydrogen-bond acceptors (Lipinski definition) is 5. The van der Waals surface area contributed by atoms with Gasteiger partial charge in [-0.3, -0.25) is 4.79 Å². The van der Waals surface area contributed by atoms with Gasteiger partial charge in [0.25, 0.3) is 5.69 Å². The fourth-order valence-electron chi connectivity index (χ4n) is 2.15. The highest BCUT2D eigenvalue weighted by Gasteiger charge is 2.22. The Morgan fingerprint density at radius 2 is 1.88 bits per heavy atom. The molecule has 0 radical (unpaired) electrons. The van der Waals surface area contributed by atoms with E-state index in [4.69, 9.17) is 4.52 Å². The molecular weight excluding hydrogens is 320 g/mol. The van der Waals surface area contributed by atoms with Crippen LogP contribution in [0.4, 0.5) is 5.69 Å². The maximum absolute atomic E-state index is 12.1. The molecule has 2 aromatic heterocycles. The van der Waals surface area contributed by atoms with Crippen LogP contribution in [-0.2, 0) is 5.41 Å².